The highest BCUT2D eigenvalue weighted by molar-refractivity contribution is 5.90. The molecular formula is C16H16O3. The van der Waals surface area contributed by atoms with Crippen LogP contribution in [0, 0.1) is 6.92 Å². The summed E-state index contributed by atoms with van der Waals surface area (Å²) in [6.07, 6.45) is 0. The topological polar surface area (TPSA) is 35.5 Å². The van der Waals surface area contributed by atoms with E-state index in [0.29, 0.717) is 12.2 Å². The fourth-order valence-electron chi connectivity index (χ4n) is 1.69. The van der Waals surface area contributed by atoms with Crippen molar-refractivity contribution < 1.29 is 14.3 Å². The molecule has 19 heavy (non-hydrogen) atoms. The van der Waals surface area contributed by atoms with Crippen molar-refractivity contribution >= 4 is 5.97 Å². The number of carbonyl (C=O) groups is 1. The molecule has 3 nitrogen and oxygen atoms in total. The summed E-state index contributed by atoms with van der Waals surface area (Å²) in [6, 6.07) is 16.8. The number of para-hydroxylation sites is 1. The third kappa shape index (κ3) is 3.85. The van der Waals surface area contributed by atoms with E-state index < -0.39 is 0 Å². The van der Waals surface area contributed by atoms with Crippen LogP contribution in [-0.2, 0) is 4.74 Å². The molecule has 0 unspecified atom stereocenters. The normalized spacial score (nSPS) is 9.95. The summed E-state index contributed by atoms with van der Waals surface area (Å²) in [5, 5.41) is 0. The van der Waals surface area contributed by atoms with Crippen LogP contribution in [0.25, 0.3) is 0 Å². The van der Waals surface area contributed by atoms with Gasteiger partial charge in [-0.2, -0.15) is 0 Å². The Morgan fingerprint density at radius 1 is 0.947 bits per heavy atom. The average molecular weight is 256 g/mol. The second-order valence-electron chi connectivity index (χ2n) is 4.11. The maximum Gasteiger partial charge on any atom is 0.338 e. The molecule has 0 radical (unpaired) electrons. The molecular weight excluding hydrogens is 240 g/mol. The summed E-state index contributed by atoms with van der Waals surface area (Å²) in [5.41, 5.74) is 1.51. The molecule has 0 spiro atoms. The Morgan fingerprint density at radius 3 is 2.37 bits per heavy atom. The van der Waals surface area contributed by atoms with Crippen molar-refractivity contribution in [2.75, 3.05) is 13.2 Å². The van der Waals surface area contributed by atoms with Gasteiger partial charge < -0.3 is 9.47 Å². The van der Waals surface area contributed by atoms with Gasteiger partial charge in [-0.15, -0.1) is 0 Å². The molecule has 0 aliphatic rings. The number of benzene rings is 2. The van der Waals surface area contributed by atoms with Gasteiger partial charge in [0.25, 0.3) is 0 Å². The zero-order chi connectivity index (χ0) is 13.5. The standard InChI is InChI=1S/C16H16O3/c1-13-7-5-6-10-15(13)16(17)19-12-11-18-14-8-3-2-4-9-14/h2-10H,11-12H2,1H3. The van der Waals surface area contributed by atoms with Crippen LogP contribution in [0.5, 0.6) is 5.75 Å². The number of rotatable bonds is 5. The first-order chi connectivity index (χ1) is 9.27. The number of aryl methyl sites for hydroxylation is 1. The molecule has 0 bridgehead atoms. The van der Waals surface area contributed by atoms with Gasteiger partial charge in [-0.05, 0) is 30.7 Å². The smallest absolute Gasteiger partial charge is 0.338 e. The molecule has 0 N–H and O–H groups in total. The van der Waals surface area contributed by atoms with Crippen LogP contribution < -0.4 is 4.74 Å². The predicted molar refractivity (Wildman–Crippen MR) is 73.4 cm³/mol. The summed E-state index contributed by atoms with van der Waals surface area (Å²) in [6.45, 7) is 2.47. The minimum absolute atomic E-state index is 0.238. The lowest BCUT2D eigenvalue weighted by molar-refractivity contribution is 0.0449. The van der Waals surface area contributed by atoms with E-state index in [0.717, 1.165) is 11.3 Å². The Morgan fingerprint density at radius 2 is 1.63 bits per heavy atom. The van der Waals surface area contributed by atoms with Crippen molar-refractivity contribution in [2.24, 2.45) is 0 Å². The number of esters is 1. The maximum atomic E-state index is 11.8. The van der Waals surface area contributed by atoms with Crippen LogP contribution in [0.1, 0.15) is 15.9 Å². The van der Waals surface area contributed by atoms with E-state index >= 15 is 0 Å². The van der Waals surface area contributed by atoms with E-state index in [2.05, 4.69) is 0 Å². The monoisotopic (exact) mass is 256 g/mol. The summed E-state index contributed by atoms with van der Waals surface area (Å²) < 4.78 is 10.6. The highest BCUT2D eigenvalue weighted by Gasteiger charge is 2.09. The minimum Gasteiger partial charge on any atom is -0.490 e. The lowest BCUT2D eigenvalue weighted by Crippen LogP contribution is -2.13. The first-order valence-corrected chi connectivity index (χ1v) is 6.18. The third-order valence-corrected chi connectivity index (χ3v) is 2.69. The molecule has 0 saturated carbocycles. The van der Waals surface area contributed by atoms with Crippen LogP contribution in [0.3, 0.4) is 0 Å². The number of ether oxygens (including phenoxy) is 2. The first-order valence-electron chi connectivity index (χ1n) is 6.18. The molecule has 2 rings (SSSR count). The molecule has 3 heteroatoms. The SMILES string of the molecule is Cc1ccccc1C(=O)OCCOc1ccccc1. The zero-order valence-corrected chi connectivity index (χ0v) is 10.8. The fourth-order valence-corrected chi connectivity index (χ4v) is 1.69. The first kappa shape index (κ1) is 13.1. The van der Waals surface area contributed by atoms with Crippen molar-refractivity contribution in [3.8, 4) is 5.75 Å². The van der Waals surface area contributed by atoms with E-state index in [4.69, 9.17) is 9.47 Å². The van der Waals surface area contributed by atoms with Gasteiger partial charge in [0, 0.05) is 0 Å². The highest BCUT2D eigenvalue weighted by Crippen LogP contribution is 2.10. The highest BCUT2D eigenvalue weighted by atomic mass is 16.6. The molecule has 0 aliphatic carbocycles. The number of hydrogen-bond acceptors (Lipinski definition) is 3. The van der Waals surface area contributed by atoms with E-state index in [1.807, 2.05) is 55.5 Å². The molecule has 0 aliphatic heterocycles. The van der Waals surface area contributed by atoms with Crippen LogP contribution >= 0.6 is 0 Å². The van der Waals surface area contributed by atoms with E-state index in [1.54, 1.807) is 6.07 Å². The Labute approximate surface area is 112 Å². The van der Waals surface area contributed by atoms with Crippen molar-refractivity contribution in [3.63, 3.8) is 0 Å². The molecule has 0 aromatic heterocycles. The van der Waals surface area contributed by atoms with E-state index in [-0.39, 0.29) is 12.6 Å². The second-order valence-corrected chi connectivity index (χ2v) is 4.11. The molecule has 2 aromatic rings. The molecule has 0 amide bonds. The van der Waals surface area contributed by atoms with Gasteiger partial charge in [-0.1, -0.05) is 36.4 Å². The summed E-state index contributed by atoms with van der Waals surface area (Å²) in [5.74, 6) is 0.462. The quantitative estimate of drug-likeness (QED) is 0.608. The predicted octanol–water partition coefficient (Wildman–Crippen LogP) is 3.23. The van der Waals surface area contributed by atoms with Gasteiger partial charge in [0.2, 0.25) is 0 Å². The van der Waals surface area contributed by atoms with Crippen molar-refractivity contribution in [1.29, 1.82) is 0 Å². The van der Waals surface area contributed by atoms with Crippen LogP contribution in [0.4, 0.5) is 0 Å². The summed E-state index contributed by atoms with van der Waals surface area (Å²) in [4.78, 5) is 11.8. The third-order valence-electron chi connectivity index (χ3n) is 2.69. The van der Waals surface area contributed by atoms with Gasteiger partial charge in [0.1, 0.15) is 19.0 Å². The van der Waals surface area contributed by atoms with Crippen LogP contribution in [0.15, 0.2) is 54.6 Å². The molecule has 98 valence electrons. The Bertz CT molecular complexity index is 535. The molecule has 2 aromatic carbocycles. The lowest BCUT2D eigenvalue weighted by atomic mass is 10.1. The van der Waals surface area contributed by atoms with Crippen LogP contribution in [-0.4, -0.2) is 19.2 Å². The maximum absolute atomic E-state index is 11.8. The number of hydrogen-bond donors (Lipinski definition) is 0. The van der Waals surface area contributed by atoms with E-state index in [1.165, 1.54) is 0 Å². The summed E-state index contributed by atoms with van der Waals surface area (Å²) >= 11 is 0. The molecule has 0 heterocycles. The van der Waals surface area contributed by atoms with Crippen molar-refractivity contribution in [2.45, 2.75) is 6.92 Å². The molecule has 0 saturated heterocycles. The van der Waals surface area contributed by atoms with Crippen molar-refractivity contribution in [1.82, 2.24) is 0 Å². The zero-order valence-electron chi connectivity index (χ0n) is 10.8. The summed E-state index contributed by atoms with van der Waals surface area (Å²) in [7, 11) is 0. The van der Waals surface area contributed by atoms with Gasteiger partial charge in [0.05, 0.1) is 5.56 Å². The largest absolute Gasteiger partial charge is 0.490 e. The Kier molecular flexibility index (Phi) is 4.56. The van der Waals surface area contributed by atoms with Gasteiger partial charge in [-0.25, -0.2) is 4.79 Å². The van der Waals surface area contributed by atoms with Gasteiger partial charge in [0.15, 0.2) is 0 Å². The minimum atomic E-state index is -0.310. The van der Waals surface area contributed by atoms with Crippen LogP contribution in [0.2, 0.25) is 0 Å². The number of carbonyl (C=O) groups excluding carboxylic acids is 1. The van der Waals surface area contributed by atoms with Crippen molar-refractivity contribution in [3.05, 3.63) is 65.7 Å². The molecule has 0 fully saturated rings. The Hall–Kier alpha value is -2.29. The lowest BCUT2D eigenvalue weighted by Gasteiger charge is -2.08. The van der Waals surface area contributed by atoms with Gasteiger partial charge in [-0.3, -0.25) is 0 Å². The van der Waals surface area contributed by atoms with E-state index in [9.17, 15) is 4.79 Å². The molecule has 0 atom stereocenters. The fraction of sp³-hybridized carbons (Fsp3) is 0.188. The Balaban J connectivity index is 1.77. The second kappa shape index (κ2) is 6.59. The van der Waals surface area contributed by atoms with Gasteiger partial charge >= 0.3 is 5.97 Å². The average Bonchev–Trinajstić information content (AvgIpc) is 2.45.